The van der Waals surface area contributed by atoms with Crippen molar-refractivity contribution in [3.05, 3.63) is 12.7 Å². The van der Waals surface area contributed by atoms with Gasteiger partial charge in [0.25, 0.3) is 0 Å². The molecule has 0 amide bonds. The molecule has 0 heterocycles. The molecule has 2 nitrogen and oxygen atoms in total. The van der Waals surface area contributed by atoms with Gasteiger partial charge in [-0.25, -0.2) is 4.79 Å². The van der Waals surface area contributed by atoms with E-state index in [1.807, 2.05) is 0 Å². The summed E-state index contributed by atoms with van der Waals surface area (Å²) in [6, 6.07) is 0. The summed E-state index contributed by atoms with van der Waals surface area (Å²) in [6.07, 6.45) is 1.13. The SMILES string of the molecule is C=CC(=O)OCC(Br)Br. The van der Waals surface area contributed by atoms with E-state index in [9.17, 15) is 4.79 Å². The zero-order valence-corrected chi connectivity index (χ0v) is 7.81. The van der Waals surface area contributed by atoms with Crippen molar-refractivity contribution in [2.75, 3.05) is 6.61 Å². The van der Waals surface area contributed by atoms with Gasteiger partial charge >= 0.3 is 5.97 Å². The van der Waals surface area contributed by atoms with Crippen LogP contribution in [0.5, 0.6) is 0 Å². The van der Waals surface area contributed by atoms with Gasteiger partial charge in [-0.1, -0.05) is 38.4 Å². The molecule has 52 valence electrons. The van der Waals surface area contributed by atoms with Crippen molar-refractivity contribution in [3.63, 3.8) is 0 Å². The summed E-state index contributed by atoms with van der Waals surface area (Å²) in [5, 5.41) is 0. The van der Waals surface area contributed by atoms with Gasteiger partial charge in [-0.2, -0.15) is 0 Å². The van der Waals surface area contributed by atoms with Crippen molar-refractivity contribution >= 4 is 37.8 Å². The number of carbonyl (C=O) groups is 1. The lowest BCUT2D eigenvalue weighted by atomic mass is 10.6. The molecule has 0 bridgehead atoms. The van der Waals surface area contributed by atoms with E-state index in [4.69, 9.17) is 0 Å². The highest BCUT2D eigenvalue weighted by molar-refractivity contribution is 9.24. The number of alkyl halides is 2. The Morgan fingerprint density at radius 2 is 2.33 bits per heavy atom. The van der Waals surface area contributed by atoms with Crippen molar-refractivity contribution in [1.29, 1.82) is 0 Å². The molecule has 0 spiro atoms. The van der Waals surface area contributed by atoms with Gasteiger partial charge in [0.15, 0.2) is 0 Å². The first-order valence-electron chi connectivity index (χ1n) is 2.24. The first kappa shape index (κ1) is 9.17. The number of halogens is 2. The minimum Gasteiger partial charge on any atom is -0.460 e. The molecule has 0 aromatic heterocycles. The van der Waals surface area contributed by atoms with Crippen molar-refractivity contribution in [1.82, 2.24) is 0 Å². The Labute approximate surface area is 70.5 Å². The highest BCUT2D eigenvalue weighted by Crippen LogP contribution is 2.07. The number of carbonyl (C=O) groups excluding carboxylic acids is 1. The van der Waals surface area contributed by atoms with Crippen molar-refractivity contribution in [3.8, 4) is 0 Å². The van der Waals surface area contributed by atoms with E-state index in [0.717, 1.165) is 6.08 Å². The summed E-state index contributed by atoms with van der Waals surface area (Å²) in [6.45, 7) is 3.54. The van der Waals surface area contributed by atoms with Crippen LogP contribution in [0.4, 0.5) is 0 Å². The summed E-state index contributed by atoms with van der Waals surface area (Å²) in [7, 11) is 0. The smallest absolute Gasteiger partial charge is 0.330 e. The third-order valence-corrected chi connectivity index (χ3v) is 1.05. The highest BCUT2D eigenvalue weighted by Gasteiger charge is 1.99. The predicted octanol–water partition coefficient (Wildman–Crippen LogP) is 1.83. The lowest BCUT2D eigenvalue weighted by Gasteiger charge is -2.00. The van der Waals surface area contributed by atoms with Crippen LogP contribution in [-0.2, 0) is 9.53 Å². The lowest BCUT2D eigenvalue weighted by molar-refractivity contribution is -0.137. The molecule has 9 heavy (non-hydrogen) atoms. The van der Waals surface area contributed by atoms with E-state index in [1.165, 1.54) is 0 Å². The van der Waals surface area contributed by atoms with Gasteiger partial charge in [0.1, 0.15) is 10.3 Å². The second-order valence-corrected chi connectivity index (χ2v) is 4.66. The standard InChI is InChI=1S/C5H6Br2O2/c1-2-5(8)9-3-4(6)7/h2,4H,1,3H2. The maximum absolute atomic E-state index is 10.3. The third kappa shape index (κ3) is 6.05. The monoisotopic (exact) mass is 256 g/mol. The number of esters is 1. The molecule has 0 N–H and O–H groups in total. The van der Waals surface area contributed by atoms with Crippen LogP contribution in [0.25, 0.3) is 0 Å². The van der Waals surface area contributed by atoms with Crippen molar-refractivity contribution < 1.29 is 9.53 Å². The van der Waals surface area contributed by atoms with E-state index in [2.05, 4.69) is 43.2 Å². The molecule has 0 fully saturated rings. The summed E-state index contributed by atoms with van der Waals surface area (Å²) in [5.74, 6) is -0.404. The molecule has 0 atom stereocenters. The molecule has 0 aliphatic carbocycles. The fourth-order valence-electron chi connectivity index (χ4n) is 0.204. The average molecular weight is 258 g/mol. The van der Waals surface area contributed by atoms with Crippen LogP contribution in [-0.4, -0.2) is 16.3 Å². The van der Waals surface area contributed by atoms with Gasteiger partial charge in [0, 0.05) is 6.08 Å². The molecular weight excluding hydrogens is 252 g/mol. The largest absolute Gasteiger partial charge is 0.460 e. The Hall–Kier alpha value is 0.170. The molecule has 0 unspecified atom stereocenters. The molecule has 4 heteroatoms. The molecule has 0 aliphatic heterocycles. The lowest BCUT2D eigenvalue weighted by Crippen LogP contribution is -2.06. The Balaban J connectivity index is 3.27. The predicted molar refractivity (Wildman–Crippen MR) is 42.8 cm³/mol. The normalized spacial score (nSPS) is 9.22. The van der Waals surface area contributed by atoms with E-state index in [0.29, 0.717) is 6.61 Å². The maximum atomic E-state index is 10.3. The Kier molecular flexibility index (Phi) is 5.09. The third-order valence-electron chi connectivity index (χ3n) is 0.518. The second kappa shape index (κ2) is 4.99. The average Bonchev–Trinajstić information content (AvgIpc) is 1.83. The fourth-order valence-corrected chi connectivity index (χ4v) is 0.468. The van der Waals surface area contributed by atoms with Gasteiger partial charge in [-0.3, -0.25) is 0 Å². The first-order chi connectivity index (χ1) is 4.16. The molecule has 0 rings (SSSR count). The quantitative estimate of drug-likeness (QED) is 0.438. The molecule has 0 aromatic rings. The zero-order chi connectivity index (χ0) is 7.28. The number of hydrogen-bond donors (Lipinski definition) is 0. The Morgan fingerprint density at radius 1 is 1.78 bits per heavy atom. The fraction of sp³-hybridized carbons (Fsp3) is 0.400. The molecule has 0 saturated carbocycles. The van der Waals surface area contributed by atoms with Crippen LogP contribution in [0.3, 0.4) is 0 Å². The minimum atomic E-state index is -0.404. The van der Waals surface area contributed by atoms with E-state index in [1.54, 1.807) is 0 Å². The molecule has 0 saturated heterocycles. The van der Waals surface area contributed by atoms with Crippen LogP contribution in [0.2, 0.25) is 0 Å². The Morgan fingerprint density at radius 3 is 2.67 bits per heavy atom. The van der Waals surface area contributed by atoms with Crippen LogP contribution in [0, 0.1) is 0 Å². The maximum Gasteiger partial charge on any atom is 0.330 e. The summed E-state index contributed by atoms with van der Waals surface area (Å²) in [4.78, 5) is 10.3. The molecular formula is C5H6Br2O2. The number of hydrogen-bond acceptors (Lipinski definition) is 2. The van der Waals surface area contributed by atoms with Gasteiger partial charge in [0.05, 0.1) is 0 Å². The molecule has 0 aliphatic rings. The minimum absolute atomic E-state index is 0.0221. The van der Waals surface area contributed by atoms with E-state index in [-0.39, 0.29) is 3.74 Å². The number of ether oxygens (including phenoxy) is 1. The van der Waals surface area contributed by atoms with Crippen LogP contribution in [0.1, 0.15) is 0 Å². The second-order valence-electron chi connectivity index (χ2n) is 1.23. The summed E-state index contributed by atoms with van der Waals surface area (Å²) < 4.78 is 4.62. The van der Waals surface area contributed by atoms with Crippen molar-refractivity contribution in [2.45, 2.75) is 3.74 Å². The van der Waals surface area contributed by atoms with Crippen LogP contribution in [0.15, 0.2) is 12.7 Å². The summed E-state index contributed by atoms with van der Waals surface area (Å²) >= 11 is 6.27. The van der Waals surface area contributed by atoms with Gasteiger partial charge in [-0.05, 0) is 0 Å². The van der Waals surface area contributed by atoms with E-state index < -0.39 is 5.97 Å². The van der Waals surface area contributed by atoms with Gasteiger partial charge in [0.2, 0.25) is 0 Å². The van der Waals surface area contributed by atoms with Gasteiger partial charge < -0.3 is 4.74 Å². The van der Waals surface area contributed by atoms with Crippen LogP contribution >= 0.6 is 31.9 Å². The zero-order valence-electron chi connectivity index (χ0n) is 4.64. The molecule has 0 radical (unpaired) electrons. The molecule has 0 aromatic carbocycles. The number of rotatable bonds is 3. The first-order valence-corrected chi connectivity index (χ1v) is 4.07. The topological polar surface area (TPSA) is 26.3 Å². The summed E-state index contributed by atoms with van der Waals surface area (Å²) in [5.41, 5.74) is 0. The van der Waals surface area contributed by atoms with E-state index >= 15 is 0 Å². The highest BCUT2D eigenvalue weighted by atomic mass is 79.9. The van der Waals surface area contributed by atoms with Gasteiger partial charge in [-0.15, -0.1) is 0 Å². The van der Waals surface area contributed by atoms with Crippen LogP contribution < -0.4 is 0 Å². The Bertz CT molecular complexity index is 112. The van der Waals surface area contributed by atoms with Crippen molar-refractivity contribution in [2.24, 2.45) is 0 Å².